The zero-order chi connectivity index (χ0) is 12.5. The van der Waals surface area contributed by atoms with Gasteiger partial charge in [-0.05, 0) is 33.1 Å². The van der Waals surface area contributed by atoms with Crippen molar-refractivity contribution < 1.29 is 5.11 Å². The van der Waals surface area contributed by atoms with E-state index in [4.69, 9.17) is 11.6 Å². The van der Waals surface area contributed by atoms with Crippen LogP contribution in [0, 0.1) is 6.92 Å². The minimum Gasteiger partial charge on any atom is -0.385 e. The fraction of sp³-hybridized carbons (Fsp3) is 0.615. The smallest absolute Gasteiger partial charge is 0.0883 e. The van der Waals surface area contributed by atoms with Gasteiger partial charge in [-0.3, -0.25) is 4.68 Å². The molecule has 1 heterocycles. The number of nitrogens with zero attached hydrogens (tertiary/aromatic N) is 2. The van der Waals surface area contributed by atoms with E-state index in [-0.39, 0.29) is 0 Å². The molecule has 17 heavy (non-hydrogen) atoms. The van der Waals surface area contributed by atoms with Crippen molar-refractivity contribution in [2.45, 2.75) is 51.7 Å². The second kappa shape index (κ2) is 4.83. The first-order valence-corrected chi connectivity index (χ1v) is 6.55. The van der Waals surface area contributed by atoms with Crippen molar-refractivity contribution in [1.82, 2.24) is 9.78 Å². The lowest BCUT2D eigenvalue weighted by molar-refractivity contribution is 0.0729. The molecule has 1 aliphatic rings. The van der Waals surface area contributed by atoms with Crippen LogP contribution in [-0.4, -0.2) is 20.5 Å². The Morgan fingerprint density at radius 3 is 2.94 bits per heavy atom. The number of hydrogen-bond donors (Lipinski definition) is 1. The summed E-state index contributed by atoms with van der Waals surface area (Å²) in [5, 5.41) is 15.6. The van der Waals surface area contributed by atoms with Crippen LogP contribution in [0.3, 0.4) is 0 Å². The van der Waals surface area contributed by atoms with Crippen LogP contribution in [0.4, 0.5) is 0 Å². The maximum absolute atomic E-state index is 10.5. The Morgan fingerprint density at radius 2 is 2.35 bits per heavy atom. The quantitative estimate of drug-likeness (QED) is 0.843. The molecule has 0 aliphatic heterocycles. The summed E-state index contributed by atoms with van der Waals surface area (Å²) in [7, 11) is 0. The predicted octanol–water partition coefficient (Wildman–Crippen LogP) is 2.88. The Kier molecular flexibility index (Phi) is 3.59. The average molecular weight is 255 g/mol. The van der Waals surface area contributed by atoms with E-state index in [1.165, 1.54) is 0 Å². The first-order chi connectivity index (χ1) is 8.06. The highest BCUT2D eigenvalue weighted by Crippen LogP contribution is 2.30. The monoisotopic (exact) mass is 254 g/mol. The minimum absolute atomic E-state index is 0.553. The lowest BCUT2D eigenvalue weighted by Crippen LogP contribution is -2.31. The third kappa shape index (κ3) is 2.55. The lowest BCUT2D eigenvalue weighted by Gasteiger charge is -2.27. The Balaban J connectivity index is 2.28. The molecule has 2 rings (SSSR count). The van der Waals surface area contributed by atoms with E-state index < -0.39 is 5.60 Å². The number of aliphatic hydroxyl groups is 1. The molecule has 0 saturated heterocycles. The van der Waals surface area contributed by atoms with Crippen LogP contribution < -0.4 is 0 Å². The molecule has 3 nitrogen and oxygen atoms in total. The number of allylic oxidation sites excluding steroid dienone is 1. The molecule has 0 saturated carbocycles. The molecule has 94 valence electrons. The van der Waals surface area contributed by atoms with Gasteiger partial charge in [-0.2, -0.15) is 5.10 Å². The van der Waals surface area contributed by atoms with Crippen LogP contribution >= 0.6 is 11.6 Å². The van der Waals surface area contributed by atoms with Gasteiger partial charge >= 0.3 is 0 Å². The molecular weight excluding hydrogens is 236 g/mol. The number of rotatable bonds is 3. The van der Waals surface area contributed by atoms with Crippen molar-refractivity contribution in [2.75, 3.05) is 0 Å². The van der Waals surface area contributed by atoms with Gasteiger partial charge in [0.05, 0.1) is 22.0 Å². The Bertz CT molecular complexity index is 439. The van der Waals surface area contributed by atoms with Crippen LogP contribution in [0.5, 0.6) is 0 Å². The van der Waals surface area contributed by atoms with Gasteiger partial charge < -0.3 is 5.11 Å². The molecule has 1 N–H and O–H groups in total. The molecule has 1 aliphatic carbocycles. The van der Waals surface area contributed by atoms with Crippen LogP contribution in [0.15, 0.2) is 12.2 Å². The summed E-state index contributed by atoms with van der Waals surface area (Å²) in [6.45, 7) is 4.72. The Labute approximate surface area is 107 Å². The average Bonchev–Trinajstić information content (AvgIpc) is 2.57. The highest BCUT2D eigenvalue weighted by molar-refractivity contribution is 6.31. The summed E-state index contributed by atoms with van der Waals surface area (Å²) in [4.78, 5) is 0. The fourth-order valence-corrected chi connectivity index (χ4v) is 2.59. The molecule has 0 spiro atoms. The second-order valence-corrected chi connectivity index (χ2v) is 5.11. The normalized spacial score (nSPS) is 24.2. The summed E-state index contributed by atoms with van der Waals surface area (Å²) in [6, 6.07) is 0. The Morgan fingerprint density at radius 1 is 1.59 bits per heavy atom. The molecule has 0 fully saturated rings. The zero-order valence-corrected chi connectivity index (χ0v) is 11.2. The minimum atomic E-state index is -0.749. The first kappa shape index (κ1) is 12.7. The highest BCUT2D eigenvalue weighted by Gasteiger charge is 2.29. The van der Waals surface area contributed by atoms with Gasteiger partial charge in [-0.1, -0.05) is 23.8 Å². The summed E-state index contributed by atoms with van der Waals surface area (Å²) < 4.78 is 1.89. The number of hydrogen-bond acceptors (Lipinski definition) is 2. The van der Waals surface area contributed by atoms with Gasteiger partial charge in [0.2, 0.25) is 0 Å². The largest absolute Gasteiger partial charge is 0.385 e. The van der Waals surface area contributed by atoms with E-state index in [1.807, 2.05) is 24.6 Å². The SMILES string of the molecule is CCn1nc(C)c(Cl)c1CC1(O)C=CCCC1. The molecule has 1 aromatic rings. The summed E-state index contributed by atoms with van der Waals surface area (Å²) in [5.74, 6) is 0. The van der Waals surface area contributed by atoms with Crippen LogP contribution in [0.25, 0.3) is 0 Å². The molecular formula is C13H19ClN2O. The topological polar surface area (TPSA) is 38.0 Å². The standard InChI is InChI=1S/C13H19ClN2O/c1-3-16-11(12(14)10(2)15-16)9-13(17)7-5-4-6-8-13/h5,7,17H,3-4,6,8-9H2,1-2H3. The van der Waals surface area contributed by atoms with Crippen molar-refractivity contribution >= 4 is 11.6 Å². The summed E-state index contributed by atoms with van der Waals surface area (Å²) >= 11 is 6.26. The molecule has 1 unspecified atom stereocenters. The Hall–Kier alpha value is -0.800. The van der Waals surface area contributed by atoms with E-state index in [0.29, 0.717) is 11.4 Å². The van der Waals surface area contributed by atoms with Crippen molar-refractivity contribution in [3.05, 3.63) is 28.6 Å². The molecule has 0 radical (unpaired) electrons. The molecule has 0 amide bonds. The van der Waals surface area contributed by atoms with Crippen molar-refractivity contribution in [3.8, 4) is 0 Å². The zero-order valence-electron chi connectivity index (χ0n) is 10.4. The third-order valence-corrected chi connectivity index (χ3v) is 3.83. The van der Waals surface area contributed by atoms with Crippen molar-refractivity contribution in [3.63, 3.8) is 0 Å². The maximum Gasteiger partial charge on any atom is 0.0883 e. The molecule has 1 atom stereocenters. The van der Waals surface area contributed by atoms with Crippen molar-refractivity contribution in [2.24, 2.45) is 0 Å². The van der Waals surface area contributed by atoms with Gasteiger partial charge in [0.1, 0.15) is 0 Å². The number of aromatic nitrogens is 2. The van der Waals surface area contributed by atoms with Crippen LogP contribution in [0.2, 0.25) is 5.02 Å². The van der Waals surface area contributed by atoms with Crippen LogP contribution in [-0.2, 0) is 13.0 Å². The van der Waals surface area contributed by atoms with E-state index in [1.54, 1.807) is 0 Å². The van der Waals surface area contributed by atoms with E-state index in [2.05, 4.69) is 11.2 Å². The molecule has 1 aromatic heterocycles. The maximum atomic E-state index is 10.5. The lowest BCUT2D eigenvalue weighted by atomic mass is 9.87. The number of halogens is 1. The van der Waals surface area contributed by atoms with E-state index in [0.717, 1.165) is 37.2 Å². The molecule has 4 heteroatoms. The first-order valence-electron chi connectivity index (χ1n) is 6.17. The van der Waals surface area contributed by atoms with Gasteiger partial charge in [0.15, 0.2) is 0 Å². The van der Waals surface area contributed by atoms with E-state index >= 15 is 0 Å². The van der Waals surface area contributed by atoms with E-state index in [9.17, 15) is 5.11 Å². The molecule has 0 bridgehead atoms. The van der Waals surface area contributed by atoms with Gasteiger partial charge in [-0.25, -0.2) is 0 Å². The summed E-state index contributed by atoms with van der Waals surface area (Å²) in [5.41, 5.74) is 1.04. The predicted molar refractivity (Wildman–Crippen MR) is 69.3 cm³/mol. The van der Waals surface area contributed by atoms with Crippen molar-refractivity contribution in [1.29, 1.82) is 0 Å². The van der Waals surface area contributed by atoms with Gasteiger partial charge in [-0.15, -0.1) is 0 Å². The van der Waals surface area contributed by atoms with Crippen LogP contribution in [0.1, 0.15) is 37.6 Å². The fourth-order valence-electron chi connectivity index (χ4n) is 2.39. The molecule has 0 aromatic carbocycles. The second-order valence-electron chi connectivity index (χ2n) is 4.74. The highest BCUT2D eigenvalue weighted by atomic mass is 35.5. The van der Waals surface area contributed by atoms with Gasteiger partial charge in [0, 0.05) is 13.0 Å². The third-order valence-electron chi connectivity index (χ3n) is 3.33. The number of aryl methyl sites for hydroxylation is 2. The van der Waals surface area contributed by atoms with Gasteiger partial charge in [0.25, 0.3) is 0 Å². The summed E-state index contributed by atoms with van der Waals surface area (Å²) in [6.07, 6.45) is 7.41.